The number of hydrogen-bond acceptors (Lipinski definition) is 8. The van der Waals surface area contributed by atoms with Crippen LogP contribution in [0.1, 0.15) is 51.8 Å². The summed E-state index contributed by atoms with van der Waals surface area (Å²) in [7, 11) is 1.59. The highest BCUT2D eigenvalue weighted by molar-refractivity contribution is 14.1. The number of allylic oxidation sites excluding steroid dienone is 1. The lowest BCUT2D eigenvalue weighted by Crippen LogP contribution is -2.40. The first-order chi connectivity index (χ1) is 18.7. The van der Waals surface area contributed by atoms with Gasteiger partial charge in [-0.1, -0.05) is 29.5 Å². The number of carbonyl (C=O) groups is 1. The van der Waals surface area contributed by atoms with E-state index in [-0.39, 0.29) is 18.3 Å². The number of rotatable bonds is 9. The van der Waals surface area contributed by atoms with Gasteiger partial charge in [-0.15, -0.1) is 0 Å². The van der Waals surface area contributed by atoms with E-state index in [4.69, 9.17) is 18.9 Å². The lowest BCUT2D eigenvalue weighted by Gasteiger charge is -2.26. The number of thiazole rings is 1. The first kappa shape index (κ1) is 28.9. The standard InChI is InChI=1S/C29H31IN2O6S/c1-7-36-26-20(30)13-18(14-22(26)35-6)15-23-27(33)32-25(19-11-9-10-12-21(19)38-16(3)4)24(28(34)37-8-2)17(5)31-29(32)39-23/h9-16,25H,7-8H2,1-6H3/b23-15-/t25-/m0/s1. The van der Waals surface area contributed by atoms with Crippen LogP contribution in [0.2, 0.25) is 0 Å². The molecule has 0 unspecified atom stereocenters. The molecule has 0 fully saturated rings. The number of hydrogen-bond donors (Lipinski definition) is 0. The van der Waals surface area contributed by atoms with Crippen LogP contribution in [0.15, 0.2) is 57.5 Å². The van der Waals surface area contributed by atoms with E-state index in [1.807, 2.05) is 57.2 Å². The van der Waals surface area contributed by atoms with Crippen LogP contribution in [0.5, 0.6) is 17.2 Å². The molecule has 1 aliphatic heterocycles. The molecule has 0 saturated carbocycles. The second-order valence-corrected chi connectivity index (χ2v) is 11.1. The largest absolute Gasteiger partial charge is 0.493 e. The fourth-order valence-electron chi connectivity index (χ4n) is 4.41. The predicted octanol–water partition coefficient (Wildman–Crippen LogP) is 4.60. The zero-order valence-corrected chi connectivity index (χ0v) is 25.7. The van der Waals surface area contributed by atoms with Gasteiger partial charge in [0.1, 0.15) is 11.8 Å². The zero-order chi connectivity index (χ0) is 28.3. The number of esters is 1. The third kappa shape index (κ3) is 5.91. The summed E-state index contributed by atoms with van der Waals surface area (Å²) in [4.78, 5) is 32.4. The molecule has 0 amide bonds. The Hall–Kier alpha value is -3.12. The quantitative estimate of drug-likeness (QED) is 0.246. The summed E-state index contributed by atoms with van der Waals surface area (Å²) in [6.07, 6.45) is 1.71. The molecule has 0 N–H and O–H groups in total. The number of fused-ring (bicyclic) bond motifs is 1. The van der Waals surface area contributed by atoms with Crippen molar-refractivity contribution in [1.82, 2.24) is 4.57 Å². The highest BCUT2D eigenvalue weighted by Crippen LogP contribution is 2.37. The maximum Gasteiger partial charge on any atom is 0.338 e. The minimum atomic E-state index is -0.757. The maximum absolute atomic E-state index is 14.0. The van der Waals surface area contributed by atoms with Crippen LogP contribution < -0.4 is 29.1 Å². The summed E-state index contributed by atoms with van der Waals surface area (Å²) < 4.78 is 25.7. The summed E-state index contributed by atoms with van der Waals surface area (Å²) in [5, 5.41) is 0. The van der Waals surface area contributed by atoms with Gasteiger partial charge in [0.25, 0.3) is 5.56 Å². The normalized spacial score (nSPS) is 15.2. The number of aromatic nitrogens is 1. The van der Waals surface area contributed by atoms with Gasteiger partial charge in [0, 0.05) is 5.56 Å². The molecule has 1 aromatic heterocycles. The van der Waals surface area contributed by atoms with E-state index >= 15 is 0 Å². The molecule has 1 atom stereocenters. The van der Waals surface area contributed by atoms with Crippen molar-refractivity contribution < 1.29 is 23.7 Å². The van der Waals surface area contributed by atoms with Crippen LogP contribution in [0, 0.1) is 3.57 Å². The van der Waals surface area contributed by atoms with Gasteiger partial charge in [0.05, 0.1) is 45.8 Å². The minimum absolute atomic E-state index is 0.102. The number of nitrogens with zero attached hydrogens (tertiary/aromatic N) is 2. The summed E-state index contributed by atoms with van der Waals surface area (Å²) >= 11 is 3.46. The molecule has 0 saturated heterocycles. The van der Waals surface area contributed by atoms with Gasteiger partial charge in [-0.05, 0) is 87.0 Å². The molecular formula is C29H31IN2O6S. The third-order valence-electron chi connectivity index (χ3n) is 5.93. The van der Waals surface area contributed by atoms with Crippen molar-refractivity contribution in [3.63, 3.8) is 0 Å². The summed E-state index contributed by atoms with van der Waals surface area (Å²) in [6, 6.07) is 10.5. The van der Waals surface area contributed by atoms with Crippen molar-refractivity contribution in [2.45, 2.75) is 46.8 Å². The molecule has 0 radical (unpaired) electrons. The smallest absolute Gasteiger partial charge is 0.338 e. The topological polar surface area (TPSA) is 88.4 Å². The van der Waals surface area contributed by atoms with Crippen LogP contribution >= 0.6 is 33.9 Å². The molecule has 0 aliphatic carbocycles. The second-order valence-electron chi connectivity index (χ2n) is 8.97. The molecule has 3 aromatic rings. The average molecular weight is 663 g/mol. The molecule has 2 aromatic carbocycles. The monoisotopic (exact) mass is 662 g/mol. The van der Waals surface area contributed by atoms with Crippen LogP contribution in [0.25, 0.3) is 6.08 Å². The number of carbonyl (C=O) groups excluding carboxylic acids is 1. The van der Waals surface area contributed by atoms with Gasteiger partial charge in [0.15, 0.2) is 16.3 Å². The summed E-state index contributed by atoms with van der Waals surface area (Å²) in [6.45, 7) is 10.0. The lowest BCUT2D eigenvalue weighted by molar-refractivity contribution is -0.139. The van der Waals surface area contributed by atoms with Crippen molar-refractivity contribution >= 4 is 46.0 Å². The van der Waals surface area contributed by atoms with Gasteiger partial charge in [0.2, 0.25) is 0 Å². The Bertz CT molecular complexity index is 1600. The van der Waals surface area contributed by atoms with Crippen LogP contribution in [0.3, 0.4) is 0 Å². The van der Waals surface area contributed by atoms with Crippen molar-refractivity contribution in [2.24, 2.45) is 4.99 Å². The highest BCUT2D eigenvalue weighted by atomic mass is 127. The summed E-state index contributed by atoms with van der Waals surface area (Å²) in [5.41, 5.74) is 2.02. The molecule has 206 valence electrons. The van der Waals surface area contributed by atoms with E-state index < -0.39 is 12.0 Å². The Labute approximate surface area is 244 Å². The molecule has 8 nitrogen and oxygen atoms in total. The first-order valence-electron chi connectivity index (χ1n) is 12.7. The van der Waals surface area contributed by atoms with E-state index in [1.54, 1.807) is 31.6 Å². The molecule has 4 rings (SSSR count). The van der Waals surface area contributed by atoms with Crippen molar-refractivity contribution in [3.8, 4) is 17.2 Å². The number of halogens is 1. The molecule has 0 bridgehead atoms. The zero-order valence-electron chi connectivity index (χ0n) is 22.7. The van der Waals surface area contributed by atoms with Gasteiger partial charge in [-0.25, -0.2) is 9.79 Å². The van der Waals surface area contributed by atoms with E-state index in [1.165, 1.54) is 11.3 Å². The Balaban J connectivity index is 1.96. The van der Waals surface area contributed by atoms with E-state index in [9.17, 15) is 9.59 Å². The van der Waals surface area contributed by atoms with E-state index in [2.05, 4.69) is 27.6 Å². The maximum atomic E-state index is 14.0. The number of benzene rings is 2. The fourth-order valence-corrected chi connectivity index (χ4v) is 6.24. The minimum Gasteiger partial charge on any atom is -0.493 e. The van der Waals surface area contributed by atoms with Crippen molar-refractivity contribution in [1.29, 1.82) is 0 Å². The lowest BCUT2D eigenvalue weighted by atomic mass is 9.95. The third-order valence-corrected chi connectivity index (χ3v) is 7.72. The predicted molar refractivity (Wildman–Crippen MR) is 159 cm³/mol. The summed E-state index contributed by atoms with van der Waals surface area (Å²) in [5.74, 6) is 1.33. The van der Waals surface area contributed by atoms with Gasteiger partial charge < -0.3 is 18.9 Å². The van der Waals surface area contributed by atoms with Crippen LogP contribution in [-0.4, -0.2) is 37.0 Å². The fraction of sp³-hybridized carbons (Fsp3) is 0.345. The molecule has 1 aliphatic rings. The Morgan fingerprint density at radius 3 is 2.59 bits per heavy atom. The van der Waals surface area contributed by atoms with E-state index in [0.29, 0.717) is 50.0 Å². The average Bonchev–Trinajstić information content (AvgIpc) is 3.19. The Morgan fingerprint density at radius 2 is 1.92 bits per heavy atom. The Morgan fingerprint density at radius 1 is 1.18 bits per heavy atom. The molecular weight excluding hydrogens is 631 g/mol. The van der Waals surface area contributed by atoms with E-state index in [0.717, 1.165) is 9.13 Å². The van der Waals surface area contributed by atoms with Crippen molar-refractivity contribution in [3.05, 3.63) is 82.1 Å². The molecule has 2 heterocycles. The number of para-hydroxylation sites is 1. The Kier molecular flexibility index (Phi) is 9.16. The van der Waals surface area contributed by atoms with Gasteiger partial charge in [-0.3, -0.25) is 9.36 Å². The first-order valence-corrected chi connectivity index (χ1v) is 14.5. The SMILES string of the molecule is CCOC(=O)C1=C(C)N=c2s/c(=C\c3cc(I)c(OCC)c(OC)c3)c(=O)n2[C@H]1c1ccccc1OC(C)C. The second kappa shape index (κ2) is 12.4. The molecule has 0 spiro atoms. The van der Waals surface area contributed by atoms with Gasteiger partial charge >= 0.3 is 5.97 Å². The number of ether oxygens (including phenoxy) is 4. The molecule has 10 heteroatoms. The molecule has 39 heavy (non-hydrogen) atoms. The number of methoxy groups -OCH3 is 1. The van der Waals surface area contributed by atoms with Crippen molar-refractivity contribution in [2.75, 3.05) is 20.3 Å². The highest BCUT2D eigenvalue weighted by Gasteiger charge is 2.35. The van der Waals surface area contributed by atoms with Crippen LogP contribution in [-0.2, 0) is 9.53 Å². The van der Waals surface area contributed by atoms with Crippen LogP contribution in [0.4, 0.5) is 0 Å². The van der Waals surface area contributed by atoms with Gasteiger partial charge in [-0.2, -0.15) is 0 Å².